The molecule has 3 aliphatic rings. The highest BCUT2D eigenvalue weighted by Crippen LogP contribution is 2.47. The van der Waals surface area contributed by atoms with E-state index in [2.05, 4.69) is 20.9 Å². The average molecular weight is 593 g/mol. The fraction of sp³-hybridized carbons (Fsp3) is 0.469. The zero-order chi connectivity index (χ0) is 30.1. The SMILES string of the molecule is C/C=C(/F)c1sc(N)c(C#N)c1/C(=C(\C)CC)c1c2c(c3cnc(N4CCN5CCCC5C4)nc3c1F)COC2.CC. The minimum absolute atomic E-state index is 0.157. The Hall–Kier alpha value is -3.39. The van der Waals surface area contributed by atoms with Gasteiger partial charge in [0.1, 0.15) is 22.4 Å². The first-order valence-corrected chi connectivity index (χ1v) is 15.6. The van der Waals surface area contributed by atoms with Crippen LogP contribution in [-0.4, -0.2) is 47.1 Å². The predicted octanol–water partition coefficient (Wildman–Crippen LogP) is 7.19. The van der Waals surface area contributed by atoms with Gasteiger partial charge in [-0.1, -0.05) is 32.4 Å². The van der Waals surface area contributed by atoms with Crippen LogP contribution in [0.3, 0.4) is 0 Å². The third-order valence-electron chi connectivity index (χ3n) is 8.53. The average Bonchev–Trinajstić information content (AvgIpc) is 3.77. The molecule has 1 unspecified atom stereocenters. The lowest BCUT2D eigenvalue weighted by molar-refractivity contribution is 0.134. The van der Waals surface area contributed by atoms with E-state index < -0.39 is 11.6 Å². The van der Waals surface area contributed by atoms with E-state index in [1.54, 1.807) is 13.1 Å². The molecule has 6 rings (SSSR count). The zero-order valence-electron chi connectivity index (χ0n) is 25.0. The Morgan fingerprint density at radius 3 is 2.71 bits per heavy atom. The largest absolute Gasteiger partial charge is 0.389 e. The molecule has 42 heavy (non-hydrogen) atoms. The van der Waals surface area contributed by atoms with Crippen molar-refractivity contribution in [3.05, 3.63) is 56.4 Å². The van der Waals surface area contributed by atoms with Gasteiger partial charge in [0, 0.05) is 48.4 Å². The Morgan fingerprint density at radius 2 is 2.00 bits per heavy atom. The third-order valence-corrected chi connectivity index (χ3v) is 9.56. The lowest BCUT2D eigenvalue weighted by atomic mass is 9.85. The number of thiophene rings is 1. The molecule has 2 fully saturated rings. The van der Waals surface area contributed by atoms with Crippen molar-refractivity contribution >= 4 is 44.6 Å². The fourth-order valence-electron chi connectivity index (χ4n) is 6.32. The second kappa shape index (κ2) is 12.5. The molecule has 0 spiro atoms. The zero-order valence-corrected chi connectivity index (χ0v) is 25.8. The molecule has 1 atom stereocenters. The summed E-state index contributed by atoms with van der Waals surface area (Å²) in [6, 6.07) is 2.62. The molecule has 0 radical (unpaired) electrons. The van der Waals surface area contributed by atoms with E-state index in [-0.39, 0.29) is 27.6 Å². The molecule has 0 aliphatic carbocycles. The van der Waals surface area contributed by atoms with Crippen LogP contribution in [0.15, 0.2) is 17.8 Å². The standard InChI is InChI=1S/C30H32F2N6OS.C2H6/c1-4-16(3)23(25-18(11-33)29(34)40-28(25)22(31)5-2)24-21-15-39-14-20(21)19-12-35-30(36-27(19)26(24)32)38-10-9-37-8-6-7-17(37)13-38;1-2/h5,12,17H,4,6-10,13-15,34H2,1-3H3;1-2H3/b22-5+,23-16+;. The Balaban J connectivity index is 0.00000173. The second-order valence-electron chi connectivity index (χ2n) is 10.7. The van der Waals surface area contributed by atoms with Crippen LogP contribution in [0, 0.1) is 17.1 Å². The number of allylic oxidation sites excluding steroid dienone is 2. The van der Waals surface area contributed by atoms with Gasteiger partial charge in [-0.2, -0.15) is 5.26 Å². The molecule has 10 heteroatoms. The van der Waals surface area contributed by atoms with Crippen molar-refractivity contribution < 1.29 is 13.5 Å². The van der Waals surface area contributed by atoms with Crippen LogP contribution in [0.2, 0.25) is 0 Å². The van der Waals surface area contributed by atoms with Crippen LogP contribution >= 0.6 is 11.3 Å². The number of fused-ring (bicyclic) bond motifs is 4. The van der Waals surface area contributed by atoms with Gasteiger partial charge in [-0.3, -0.25) is 4.90 Å². The van der Waals surface area contributed by atoms with Crippen LogP contribution in [-0.2, 0) is 18.0 Å². The highest BCUT2D eigenvalue weighted by Gasteiger charge is 2.34. The lowest BCUT2D eigenvalue weighted by Crippen LogP contribution is -2.50. The number of aromatic nitrogens is 2. The summed E-state index contributed by atoms with van der Waals surface area (Å²) in [6.45, 7) is 13.6. The maximum atomic E-state index is 17.0. The Kier molecular flexibility index (Phi) is 8.92. The third kappa shape index (κ3) is 4.97. The van der Waals surface area contributed by atoms with Gasteiger partial charge < -0.3 is 15.4 Å². The molecule has 2 saturated heterocycles. The number of nitrogens with zero attached hydrogens (tertiary/aromatic N) is 5. The van der Waals surface area contributed by atoms with E-state index in [1.807, 2.05) is 27.7 Å². The molecule has 3 aliphatic heterocycles. The highest BCUT2D eigenvalue weighted by atomic mass is 32.1. The van der Waals surface area contributed by atoms with Gasteiger partial charge in [-0.05, 0) is 56.4 Å². The van der Waals surface area contributed by atoms with Crippen LogP contribution in [0.25, 0.3) is 22.3 Å². The number of nitrogen functional groups attached to an aromatic ring is 1. The summed E-state index contributed by atoms with van der Waals surface area (Å²) in [4.78, 5) is 14.4. The molecule has 0 bridgehead atoms. The van der Waals surface area contributed by atoms with E-state index >= 15 is 8.78 Å². The molecule has 222 valence electrons. The van der Waals surface area contributed by atoms with Gasteiger partial charge in [0.05, 0.1) is 23.7 Å². The van der Waals surface area contributed by atoms with E-state index in [0.29, 0.717) is 52.7 Å². The topological polar surface area (TPSA) is 91.3 Å². The summed E-state index contributed by atoms with van der Waals surface area (Å²) in [5.74, 6) is -0.497. The summed E-state index contributed by atoms with van der Waals surface area (Å²) >= 11 is 1.01. The van der Waals surface area contributed by atoms with Crippen molar-refractivity contribution in [2.45, 2.75) is 73.1 Å². The molecule has 0 saturated carbocycles. The lowest BCUT2D eigenvalue weighted by Gasteiger charge is -2.37. The Bertz CT molecular complexity index is 1620. The molecule has 2 N–H and O–H groups in total. The van der Waals surface area contributed by atoms with Crippen molar-refractivity contribution in [1.29, 1.82) is 5.26 Å². The normalized spacial score (nSPS) is 19.2. The Labute approximate surface area is 250 Å². The van der Waals surface area contributed by atoms with Gasteiger partial charge in [0.25, 0.3) is 0 Å². The van der Waals surface area contributed by atoms with Crippen molar-refractivity contribution in [3.8, 4) is 6.07 Å². The van der Waals surface area contributed by atoms with E-state index in [0.717, 1.165) is 55.1 Å². The molecular weight excluding hydrogens is 554 g/mol. The number of hydrogen-bond acceptors (Lipinski definition) is 8. The first kappa shape index (κ1) is 30.1. The Morgan fingerprint density at radius 1 is 1.24 bits per heavy atom. The van der Waals surface area contributed by atoms with Gasteiger partial charge in [-0.25, -0.2) is 18.7 Å². The summed E-state index contributed by atoms with van der Waals surface area (Å²) in [7, 11) is 0. The van der Waals surface area contributed by atoms with Gasteiger partial charge in [0.2, 0.25) is 5.95 Å². The number of piperazine rings is 1. The minimum Gasteiger partial charge on any atom is -0.389 e. The number of benzene rings is 1. The number of hydrogen-bond donors (Lipinski definition) is 1. The van der Waals surface area contributed by atoms with Gasteiger partial charge in [-0.15, -0.1) is 11.3 Å². The minimum atomic E-state index is -0.509. The van der Waals surface area contributed by atoms with E-state index in [9.17, 15) is 5.26 Å². The first-order chi connectivity index (χ1) is 20.4. The number of ether oxygens (including phenoxy) is 1. The summed E-state index contributed by atoms with van der Waals surface area (Å²) in [5, 5.41) is 10.9. The van der Waals surface area contributed by atoms with Crippen molar-refractivity contribution in [2.24, 2.45) is 0 Å². The molecule has 2 aromatic heterocycles. The smallest absolute Gasteiger partial charge is 0.226 e. The monoisotopic (exact) mass is 592 g/mol. The highest BCUT2D eigenvalue weighted by molar-refractivity contribution is 7.17. The maximum absolute atomic E-state index is 17.0. The van der Waals surface area contributed by atoms with Crippen molar-refractivity contribution in [1.82, 2.24) is 14.9 Å². The summed E-state index contributed by atoms with van der Waals surface area (Å²) in [6.07, 6.45) is 5.96. The van der Waals surface area contributed by atoms with Gasteiger partial charge >= 0.3 is 0 Å². The van der Waals surface area contributed by atoms with Crippen LogP contribution in [0.4, 0.5) is 19.7 Å². The van der Waals surface area contributed by atoms with Crippen LogP contribution in [0.5, 0.6) is 0 Å². The fourth-order valence-corrected chi connectivity index (χ4v) is 7.31. The first-order valence-electron chi connectivity index (χ1n) is 14.8. The maximum Gasteiger partial charge on any atom is 0.226 e. The van der Waals surface area contributed by atoms with E-state index in [1.165, 1.54) is 12.5 Å². The van der Waals surface area contributed by atoms with Crippen molar-refractivity contribution in [3.63, 3.8) is 0 Å². The molecule has 3 aromatic rings. The van der Waals surface area contributed by atoms with Gasteiger partial charge in [0.15, 0.2) is 5.82 Å². The molecule has 1 aromatic carbocycles. The quantitative estimate of drug-likeness (QED) is 0.335. The predicted molar refractivity (Wildman–Crippen MR) is 166 cm³/mol. The molecule has 0 amide bonds. The molecule has 5 heterocycles. The van der Waals surface area contributed by atoms with Crippen LogP contribution < -0.4 is 10.6 Å². The van der Waals surface area contributed by atoms with Crippen LogP contribution in [0.1, 0.15) is 86.6 Å². The number of rotatable bonds is 5. The number of halogens is 2. The summed E-state index contributed by atoms with van der Waals surface area (Å²) < 4.78 is 38.0. The summed E-state index contributed by atoms with van der Waals surface area (Å²) in [5.41, 5.74) is 10.0. The van der Waals surface area contributed by atoms with E-state index in [4.69, 9.17) is 15.5 Å². The molecular formula is C32H38F2N6OS. The molecule has 7 nitrogen and oxygen atoms in total. The number of anilines is 2. The number of nitriles is 1. The second-order valence-corrected chi connectivity index (χ2v) is 11.7. The van der Waals surface area contributed by atoms with Crippen molar-refractivity contribution in [2.75, 3.05) is 36.8 Å². The number of nitrogens with two attached hydrogens (primary N) is 1.